The lowest BCUT2D eigenvalue weighted by atomic mass is 10.2. The number of aromatic nitrogens is 3. The highest BCUT2D eigenvalue weighted by molar-refractivity contribution is 6.29. The lowest BCUT2D eigenvalue weighted by Gasteiger charge is -2.38. The average molecular weight is 322 g/mol. The summed E-state index contributed by atoms with van der Waals surface area (Å²) in [5, 5.41) is 4.51. The molecule has 1 unspecified atom stereocenters. The first-order valence-corrected chi connectivity index (χ1v) is 7.98. The van der Waals surface area contributed by atoms with E-state index in [4.69, 9.17) is 16.1 Å². The Kier molecular flexibility index (Phi) is 4.59. The second-order valence-corrected chi connectivity index (χ2v) is 5.83. The minimum absolute atomic E-state index is 0.149. The third kappa shape index (κ3) is 3.23. The van der Waals surface area contributed by atoms with E-state index in [9.17, 15) is 0 Å². The van der Waals surface area contributed by atoms with E-state index in [1.807, 2.05) is 19.1 Å². The third-order valence-corrected chi connectivity index (χ3v) is 4.30. The van der Waals surface area contributed by atoms with Crippen LogP contribution >= 0.6 is 11.6 Å². The topological polar surface area (TPSA) is 58.3 Å². The molecule has 2 aromatic heterocycles. The molecule has 0 amide bonds. The van der Waals surface area contributed by atoms with Crippen LogP contribution < -0.4 is 4.90 Å². The lowest BCUT2D eigenvalue weighted by Crippen LogP contribution is -2.47. The van der Waals surface area contributed by atoms with Crippen LogP contribution in [0.2, 0.25) is 5.15 Å². The summed E-state index contributed by atoms with van der Waals surface area (Å²) >= 11 is 5.96. The van der Waals surface area contributed by atoms with Gasteiger partial charge in [-0.1, -0.05) is 23.7 Å². The van der Waals surface area contributed by atoms with Crippen molar-refractivity contribution in [3.63, 3.8) is 0 Å². The van der Waals surface area contributed by atoms with E-state index in [-0.39, 0.29) is 6.04 Å². The van der Waals surface area contributed by atoms with E-state index in [0.717, 1.165) is 44.1 Å². The van der Waals surface area contributed by atoms with E-state index in [1.54, 1.807) is 6.20 Å². The Morgan fingerprint density at radius 2 is 2.09 bits per heavy atom. The molecule has 6 nitrogen and oxygen atoms in total. The molecule has 1 fully saturated rings. The number of hydrogen-bond acceptors (Lipinski definition) is 6. The summed E-state index contributed by atoms with van der Waals surface area (Å²) in [6.07, 6.45) is 2.55. The van der Waals surface area contributed by atoms with E-state index in [1.165, 1.54) is 0 Å². The van der Waals surface area contributed by atoms with Gasteiger partial charge in [0.25, 0.3) is 0 Å². The van der Waals surface area contributed by atoms with E-state index in [2.05, 4.69) is 31.8 Å². The van der Waals surface area contributed by atoms with Crippen molar-refractivity contribution >= 4 is 17.3 Å². The SMILES string of the molecule is CCc1noc(C(C)N2CCN(c3ccnc(Cl)c3)CC2)n1. The molecule has 0 aliphatic carbocycles. The highest BCUT2D eigenvalue weighted by atomic mass is 35.5. The summed E-state index contributed by atoms with van der Waals surface area (Å²) in [6, 6.07) is 4.05. The number of halogens is 1. The summed E-state index contributed by atoms with van der Waals surface area (Å²) in [6.45, 7) is 7.93. The fraction of sp³-hybridized carbons (Fsp3) is 0.533. The molecule has 0 saturated carbocycles. The molecule has 1 aliphatic rings. The predicted octanol–water partition coefficient (Wildman–Crippen LogP) is 2.56. The summed E-state index contributed by atoms with van der Waals surface area (Å²) < 4.78 is 5.36. The first-order valence-electron chi connectivity index (χ1n) is 7.60. The summed E-state index contributed by atoms with van der Waals surface area (Å²) in [4.78, 5) is 13.2. The van der Waals surface area contributed by atoms with Gasteiger partial charge in [0.2, 0.25) is 5.89 Å². The van der Waals surface area contributed by atoms with Crippen molar-refractivity contribution in [1.29, 1.82) is 0 Å². The first kappa shape index (κ1) is 15.2. The molecular weight excluding hydrogens is 302 g/mol. The normalized spacial score (nSPS) is 17.7. The van der Waals surface area contributed by atoms with Gasteiger partial charge in [-0.05, 0) is 19.1 Å². The monoisotopic (exact) mass is 321 g/mol. The van der Waals surface area contributed by atoms with Crippen LogP contribution in [0.3, 0.4) is 0 Å². The molecule has 1 atom stereocenters. The largest absolute Gasteiger partial charge is 0.369 e. The summed E-state index contributed by atoms with van der Waals surface area (Å²) in [7, 11) is 0. The highest BCUT2D eigenvalue weighted by Crippen LogP contribution is 2.23. The zero-order valence-electron chi connectivity index (χ0n) is 12.9. The van der Waals surface area contributed by atoms with Gasteiger partial charge in [0.05, 0.1) is 6.04 Å². The fourth-order valence-corrected chi connectivity index (χ4v) is 2.86. The first-order chi connectivity index (χ1) is 10.7. The van der Waals surface area contributed by atoms with Crippen LogP contribution in [0.25, 0.3) is 0 Å². The number of pyridine rings is 1. The van der Waals surface area contributed by atoms with Gasteiger partial charge in [0.1, 0.15) is 5.15 Å². The maximum absolute atomic E-state index is 5.96. The molecule has 0 aromatic carbocycles. The maximum atomic E-state index is 5.96. The van der Waals surface area contributed by atoms with Crippen molar-refractivity contribution in [2.75, 3.05) is 31.1 Å². The van der Waals surface area contributed by atoms with Crippen LogP contribution in [0, 0.1) is 0 Å². The van der Waals surface area contributed by atoms with Crippen LogP contribution in [0.1, 0.15) is 31.6 Å². The molecule has 0 N–H and O–H groups in total. The van der Waals surface area contributed by atoms with Gasteiger partial charge in [-0.3, -0.25) is 4.90 Å². The van der Waals surface area contributed by atoms with Gasteiger partial charge in [-0.15, -0.1) is 0 Å². The van der Waals surface area contributed by atoms with Crippen molar-refractivity contribution < 1.29 is 4.52 Å². The average Bonchev–Trinajstić information content (AvgIpc) is 3.03. The molecule has 3 rings (SSSR count). The van der Waals surface area contributed by atoms with Crippen LogP contribution in [0.4, 0.5) is 5.69 Å². The van der Waals surface area contributed by atoms with E-state index < -0.39 is 0 Å². The Hall–Kier alpha value is -1.66. The van der Waals surface area contributed by atoms with E-state index >= 15 is 0 Å². The van der Waals surface area contributed by atoms with Crippen LogP contribution in [-0.2, 0) is 6.42 Å². The Morgan fingerprint density at radius 3 is 2.73 bits per heavy atom. The Labute approximate surface area is 135 Å². The zero-order chi connectivity index (χ0) is 15.5. The van der Waals surface area contributed by atoms with Gasteiger partial charge in [0, 0.05) is 44.5 Å². The molecule has 3 heterocycles. The van der Waals surface area contributed by atoms with Crippen LogP contribution in [0.15, 0.2) is 22.9 Å². The Morgan fingerprint density at radius 1 is 1.32 bits per heavy atom. The molecule has 0 bridgehead atoms. The van der Waals surface area contributed by atoms with Gasteiger partial charge in [-0.25, -0.2) is 4.98 Å². The second kappa shape index (κ2) is 6.62. The van der Waals surface area contributed by atoms with Gasteiger partial charge in [0.15, 0.2) is 5.82 Å². The quantitative estimate of drug-likeness (QED) is 0.807. The molecule has 1 aliphatic heterocycles. The number of piperazine rings is 1. The molecule has 7 heteroatoms. The lowest BCUT2D eigenvalue weighted by molar-refractivity contribution is 0.164. The summed E-state index contributed by atoms with van der Waals surface area (Å²) in [5.74, 6) is 1.48. The highest BCUT2D eigenvalue weighted by Gasteiger charge is 2.25. The second-order valence-electron chi connectivity index (χ2n) is 5.44. The van der Waals surface area contributed by atoms with E-state index in [0.29, 0.717) is 11.0 Å². The van der Waals surface area contributed by atoms with Gasteiger partial charge < -0.3 is 9.42 Å². The van der Waals surface area contributed by atoms with Crippen molar-refractivity contribution in [3.05, 3.63) is 35.2 Å². The van der Waals surface area contributed by atoms with Crippen LogP contribution in [-0.4, -0.2) is 46.2 Å². The number of nitrogens with zero attached hydrogens (tertiary/aromatic N) is 5. The van der Waals surface area contributed by atoms with Gasteiger partial charge >= 0.3 is 0 Å². The number of anilines is 1. The zero-order valence-corrected chi connectivity index (χ0v) is 13.6. The van der Waals surface area contributed by atoms with Crippen molar-refractivity contribution in [2.24, 2.45) is 0 Å². The molecule has 0 spiro atoms. The number of hydrogen-bond donors (Lipinski definition) is 0. The molecule has 22 heavy (non-hydrogen) atoms. The van der Waals surface area contributed by atoms with Crippen molar-refractivity contribution in [1.82, 2.24) is 20.0 Å². The minimum atomic E-state index is 0.149. The fourth-order valence-electron chi connectivity index (χ4n) is 2.69. The molecular formula is C15H20ClN5O. The smallest absolute Gasteiger partial charge is 0.243 e. The Bertz CT molecular complexity index is 624. The number of aryl methyl sites for hydroxylation is 1. The van der Waals surface area contributed by atoms with Crippen molar-refractivity contribution in [3.8, 4) is 0 Å². The minimum Gasteiger partial charge on any atom is -0.369 e. The standard InChI is InChI=1S/C15H20ClN5O/c1-3-14-18-15(22-19-14)11(2)20-6-8-21(9-7-20)12-4-5-17-13(16)10-12/h4-5,10-11H,3,6-9H2,1-2H3. The van der Waals surface area contributed by atoms with Gasteiger partial charge in [-0.2, -0.15) is 4.98 Å². The molecule has 118 valence electrons. The van der Waals surface area contributed by atoms with Crippen molar-refractivity contribution in [2.45, 2.75) is 26.3 Å². The van der Waals surface area contributed by atoms with Crippen LogP contribution in [0.5, 0.6) is 0 Å². The maximum Gasteiger partial charge on any atom is 0.243 e. The third-order valence-electron chi connectivity index (χ3n) is 4.09. The number of rotatable bonds is 4. The predicted molar refractivity (Wildman–Crippen MR) is 85.1 cm³/mol. The molecule has 1 saturated heterocycles. The Balaban J connectivity index is 1.61. The molecule has 0 radical (unpaired) electrons. The molecule has 2 aromatic rings. The summed E-state index contributed by atoms with van der Waals surface area (Å²) in [5.41, 5.74) is 1.12.